The van der Waals surface area contributed by atoms with Gasteiger partial charge in [-0.05, 0) is 18.8 Å². The van der Waals surface area contributed by atoms with Crippen LogP contribution in [0.5, 0.6) is 0 Å². The summed E-state index contributed by atoms with van der Waals surface area (Å²) in [5, 5.41) is 0. The normalized spacial score (nSPS) is 17.5. The van der Waals surface area contributed by atoms with E-state index in [9.17, 15) is 13.6 Å². The molecule has 1 aliphatic rings. The van der Waals surface area contributed by atoms with Gasteiger partial charge in [0.05, 0.1) is 6.61 Å². The Morgan fingerprint density at radius 2 is 2.20 bits per heavy atom. The molecule has 0 N–H and O–H groups in total. The molecule has 0 bridgehead atoms. The molecule has 0 unspecified atom stereocenters. The molecule has 10 heavy (non-hydrogen) atoms. The highest BCUT2D eigenvalue weighted by Gasteiger charge is 2.25. The first kappa shape index (κ1) is 7.44. The van der Waals surface area contributed by atoms with E-state index < -0.39 is 12.4 Å². The Balaban J connectivity index is 2.05. The van der Waals surface area contributed by atoms with Crippen LogP contribution in [0, 0.1) is 5.92 Å². The van der Waals surface area contributed by atoms with Crippen molar-refractivity contribution in [2.45, 2.75) is 19.3 Å². The van der Waals surface area contributed by atoms with Crippen LogP contribution in [0.25, 0.3) is 0 Å². The Labute approximate surface area is 57.2 Å². The first-order valence-corrected chi connectivity index (χ1v) is 3.15. The highest BCUT2D eigenvalue weighted by Crippen LogP contribution is 2.28. The number of carbonyl (C=O) groups excluding carboxylic acids is 1. The average molecular weight is 150 g/mol. The van der Waals surface area contributed by atoms with Crippen LogP contribution in [-0.2, 0) is 9.53 Å². The third kappa shape index (κ3) is 2.29. The Morgan fingerprint density at radius 1 is 1.60 bits per heavy atom. The Bertz CT molecular complexity index is 132. The van der Waals surface area contributed by atoms with E-state index in [4.69, 9.17) is 0 Å². The van der Waals surface area contributed by atoms with Crippen molar-refractivity contribution in [2.24, 2.45) is 5.92 Å². The molecule has 4 heteroatoms. The van der Waals surface area contributed by atoms with Crippen LogP contribution < -0.4 is 0 Å². The lowest BCUT2D eigenvalue weighted by molar-refractivity contribution is -0.156. The predicted octanol–water partition coefficient (Wildman–Crippen LogP) is 1.20. The topological polar surface area (TPSA) is 26.3 Å². The first-order chi connectivity index (χ1) is 4.70. The maximum absolute atomic E-state index is 11.4. The van der Waals surface area contributed by atoms with Gasteiger partial charge in [0.25, 0.3) is 0 Å². The number of hydrogen-bond donors (Lipinski definition) is 0. The molecule has 0 saturated heterocycles. The van der Waals surface area contributed by atoms with Crippen molar-refractivity contribution in [3.8, 4) is 0 Å². The van der Waals surface area contributed by atoms with Crippen molar-refractivity contribution in [2.75, 3.05) is 6.61 Å². The smallest absolute Gasteiger partial charge is 0.373 e. The second-order valence-corrected chi connectivity index (χ2v) is 2.37. The molecule has 58 valence electrons. The van der Waals surface area contributed by atoms with Gasteiger partial charge in [0, 0.05) is 0 Å². The Morgan fingerprint density at radius 3 is 2.60 bits per heavy atom. The van der Waals surface area contributed by atoms with Crippen LogP contribution in [0.4, 0.5) is 8.78 Å². The fourth-order valence-electron chi connectivity index (χ4n) is 0.547. The number of carbonyl (C=O) groups is 1. The lowest BCUT2D eigenvalue weighted by atomic mass is 10.5. The standard InChI is InChI=1S/C6H8F2O2/c7-5(8)6(9)10-3-4-1-2-4/h4-5H,1-3H2. The van der Waals surface area contributed by atoms with Gasteiger partial charge in [-0.25, -0.2) is 4.79 Å². The SMILES string of the molecule is O=C(OCC1CC1)C(F)F. The summed E-state index contributed by atoms with van der Waals surface area (Å²) >= 11 is 0. The van der Waals surface area contributed by atoms with Crippen LogP contribution in [0.2, 0.25) is 0 Å². The molecular weight excluding hydrogens is 142 g/mol. The van der Waals surface area contributed by atoms with Crippen molar-refractivity contribution >= 4 is 5.97 Å². The van der Waals surface area contributed by atoms with E-state index in [-0.39, 0.29) is 6.61 Å². The molecule has 0 radical (unpaired) electrons. The van der Waals surface area contributed by atoms with E-state index >= 15 is 0 Å². The van der Waals surface area contributed by atoms with Gasteiger partial charge in [0.15, 0.2) is 0 Å². The van der Waals surface area contributed by atoms with E-state index in [1.165, 1.54) is 0 Å². The van der Waals surface area contributed by atoms with Gasteiger partial charge in [-0.15, -0.1) is 0 Å². The van der Waals surface area contributed by atoms with Gasteiger partial charge in [-0.3, -0.25) is 0 Å². The third-order valence-electron chi connectivity index (χ3n) is 1.34. The minimum absolute atomic E-state index is 0.170. The van der Waals surface area contributed by atoms with E-state index in [0.717, 1.165) is 12.8 Å². The maximum atomic E-state index is 11.4. The lowest BCUT2D eigenvalue weighted by Gasteiger charge is -2.00. The van der Waals surface area contributed by atoms with Gasteiger partial charge in [-0.1, -0.05) is 0 Å². The molecule has 1 saturated carbocycles. The third-order valence-corrected chi connectivity index (χ3v) is 1.34. The molecule has 0 atom stereocenters. The van der Waals surface area contributed by atoms with E-state index in [1.54, 1.807) is 0 Å². The maximum Gasteiger partial charge on any atom is 0.373 e. The summed E-state index contributed by atoms with van der Waals surface area (Å²) in [6, 6.07) is 0. The van der Waals surface area contributed by atoms with Crippen LogP contribution in [0.1, 0.15) is 12.8 Å². The highest BCUT2D eigenvalue weighted by molar-refractivity contribution is 5.72. The fourth-order valence-corrected chi connectivity index (χ4v) is 0.547. The summed E-state index contributed by atoms with van der Waals surface area (Å²) < 4.78 is 27.1. The zero-order valence-corrected chi connectivity index (χ0v) is 5.35. The van der Waals surface area contributed by atoms with Gasteiger partial charge < -0.3 is 4.74 Å². The summed E-state index contributed by atoms with van der Waals surface area (Å²) in [6.07, 6.45) is -0.980. The van der Waals surface area contributed by atoms with E-state index in [0.29, 0.717) is 5.92 Å². The zero-order chi connectivity index (χ0) is 7.56. The molecular formula is C6H8F2O2. The largest absolute Gasteiger partial charge is 0.461 e. The highest BCUT2D eigenvalue weighted by atomic mass is 19.3. The number of rotatable bonds is 3. The number of halogens is 2. The van der Waals surface area contributed by atoms with Crippen molar-refractivity contribution < 1.29 is 18.3 Å². The number of alkyl halides is 2. The van der Waals surface area contributed by atoms with Gasteiger partial charge in [0.1, 0.15) is 0 Å². The zero-order valence-electron chi connectivity index (χ0n) is 5.35. The fraction of sp³-hybridized carbons (Fsp3) is 0.833. The van der Waals surface area contributed by atoms with Gasteiger partial charge in [0.2, 0.25) is 0 Å². The predicted molar refractivity (Wildman–Crippen MR) is 29.7 cm³/mol. The summed E-state index contributed by atoms with van der Waals surface area (Å²) in [5.41, 5.74) is 0. The molecule has 0 aromatic rings. The minimum atomic E-state index is -2.97. The van der Waals surface area contributed by atoms with E-state index in [2.05, 4.69) is 4.74 Å². The summed E-state index contributed by atoms with van der Waals surface area (Å²) in [5.74, 6) is -1.05. The van der Waals surface area contributed by atoms with Crippen LogP contribution >= 0.6 is 0 Å². The lowest BCUT2D eigenvalue weighted by Crippen LogP contribution is -2.15. The number of ether oxygens (including phenoxy) is 1. The van der Waals surface area contributed by atoms with Crippen molar-refractivity contribution in [3.63, 3.8) is 0 Å². The molecule has 1 rings (SSSR count). The first-order valence-electron chi connectivity index (χ1n) is 3.15. The number of esters is 1. The van der Waals surface area contributed by atoms with Crippen molar-refractivity contribution in [3.05, 3.63) is 0 Å². The quantitative estimate of drug-likeness (QED) is 0.565. The Kier molecular flexibility index (Phi) is 2.19. The molecule has 0 spiro atoms. The van der Waals surface area contributed by atoms with Gasteiger partial charge >= 0.3 is 12.4 Å². The van der Waals surface area contributed by atoms with E-state index in [1.807, 2.05) is 0 Å². The van der Waals surface area contributed by atoms with Crippen LogP contribution in [0.3, 0.4) is 0 Å². The molecule has 2 nitrogen and oxygen atoms in total. The van der Waals surface area contributed by atoms with Crippen molar-refractivity contribution in [1.82, 2.24) is 0 Å². The van der Waals surface area contributed by atoms with Crippen LogP contribution in [-0.4, -0.2) is 19.0 Å². The second-order valence-electron chi connectivity index (χ2n) is 2.37. The minimum Gasteiger partial charge on any atom is -0.461 e. The summed E-state index contributed by atoms with van der Waals surface area (Å²) in [4.78, 5) is 10.1. The number of hydrogen-bond acceptors (Lipinski definition) is 2. The molecule has 1 fully saturated rings. The molecule has 0 aliphatic heterocycles. The average Bonchev–Trinajstić information content (AvgIpc) is 2.64. The summed E-state index contributed by atoms with van der Waals surface area (Å²) in [7, 11) is 0. The van der Waals surface area contributed by atoms with Gasteiger partial charge in [-0.2, -0.15) is 8.78 Å². The van der Waals surface area contributed by atoms with Crippen molar-refractivity contribution in [1.29, 1.82) is 0 Å². The second kappa shape index (κ2) is 2.94. The molecule has 0 aromatic heterocycles. The molecule has 0 amide bonds. The molecule has 1 aliphatic carbocycles. The van der Waals surface area contributed by atoms with Crippen LogP contribution in [0.15, 0.2) is 0 Å². The Hall–Kier alpha value is -0.670. The molecule has 0 heterocycles. The monoisotopic (exact) mass is 150 g/mol. The summed E-state index contributed by atoms with van der Waals surface area (Å²) in [6.45, 7) is 0.170. The molecule has 0 aromatic carbocycles.